The lowest BCUT2D eigenvalue weighted by Gasteiger charge is -2.12. The van der Waals surface area contributed by atoms with Crippen molar-refractivity contribution in [2.75, 3.05) is 18.6 Å². The minimum Gasteiger partial charge on any atom is -0.355 e. The summed E-state index contributed by atoms with van der Waals surface area (Å²) in [5, 5.41) is 2.94. The average molecular weight is 272 g/mol. The largest absolute Gasteiger partial charge is 0.355 e. The van der Waals surface area contributed by atoms with Gasteiger partial charge in [-0.3, -0.25) is 4.79 Å². The molecule has 0 bridgehead atoms. The third-order valence-corrected chi connectivity index (χ3v) is 4.43. The molecule has 0 unspecified atom stereocenters. The Morgan fingerprint density at radius 1 is 1.39 bits per heavy atom. The summed E-state index contributed by atoms with van der Waals surface area (Å²) in [6.07, 6.45) is 12.2. The van der Waals surface area contributed by atoms with Crippen LogP contribution in [0.5, 0.6) is 0 Å². The van der Waals surface area contributed by atoms with Gasteiger partial charge in [0.15, 0.2) is 0 Å². The Kier molecular flexibility index (Phi) is 8.51. The van der Waals surface area contributed by atoms with Crippen LogP contribution in [0.15, 0.2) is 0 Å². The normalized spacial score (nSPS) is 17.9. The Morgan fingerprint density at radius 2 is 2.11 bits per heavy atom. The van der Waals surface area contributed by atoms with Crippen molar-refractivity contribution < 1.29 is 4.79 Å². The predicted molar refractivity (Wildman–Crippen MR) is 79.8 cm³/mol. The molecule has 0 aromatic carbocycles. The molecule has 0 aromatic rings. The van der Waals surface area contributed by atoms with Crippen LogP contribution in [0.2, 0.25) is 0 Å². The molecule has 1 aliphatic carbocycles. The van der Waals surface area contributed by atoms with Crippen molar-refractivity contribution in [3.8, 4) is 0 Å². The van der Waals surface area contributed by atoms with Crippen LogP contribution in [0.1, 0.15) is 51.4 Å². The molecule has 0 aromatic heterocycles. The third kappa shape index (κ3) is 6.64. The van der Waals surface area contributed by atoms with Crippen LogP contribution in [0, 0.1) is 5.92 Å². The van der Waals surface area contributed by atoms with E-state index in [2.05, 4.69) is 5.32 Å². The number of hydrogen-bond donors (Lipinski definition) is 2. The van der Waals surface area contributed by atoms with Gasteiger partial charge in [0.1, 0.15) is 0 Å². The van der Waals surface area contributed by atoms with Gasteiger partial charge in [-0.1, -0.05) is 38.5 Å². The molecule has 1 saturated carbocycles. The molecule has 0 spiro atoms. The first-order valence-corrected chi connectivity index (χ1v) is 8.65. The lowest BCUT2D eigenvalue weighted by molar-refractivity contribution is -0.122. The summed E-state index contributed by atoms with van der Waals surface area (Å²) in [5.41, 5.74) is 5.79. The topological polar surface area (TPSA) is 55.1 Å². The molecule has 1 rings (SSSR count). The fourth-order valence-electron chi connectivity index (χ4n) is 2.58. The summed E-state index contributed by atoms with van der Waals surface area (Å²) in [4.78, 5) is 11.6. The van der Waals surface area contributed by atoms with E-state index in [0.717, 1.165) is 31.1 Å². The van der Waals surface area contributed by atoms with Gasteiger partial charge in [0.05, 0.1) is 6.04 Å². The number of rotatable bonds is 9. The monoisotopic (exact) mass is 272 g/mol. The highest BCUT2D eigenvalue weighted by atomic mass is 32.2. The molecule has 0 radical (unpaired) electrons. The van der Waals surface area contributed by atoms with Crippen LogP contribution >= 0.6 is 11.8 Å². The molecule has 0 saturated heterocycles. The van der Waals surface area contributed by atoms with Crippen molar-refractivity contribution in [3.05, 3.63) is 0 Å². The van der Waals surface area contributed by atoms with Crippen molar-refractivity contribution in [2.45, 2.75) is 57.4 Å². The first-order chi connectivity index (χ1) is 8.74. The maximum Gasteiger partial charge on any atom is 0.236 e. The molecular weight excluding hydrogens is 244 g/mol. The molecule has 3 N–H and O–H groups in total. The van der Waals surface area contributed by atoms with Gasteiger partial charge in [-0.25, -0.2) is 0 Å². The van der Waals surface area contributed by atoms with Gasteiger partial charge in [0.25, 0.3) is 0 Å². The Morgan fingerprint density at radius 3 is 2.78 bits per heavy atom. The van der Waals surface area contributed by atoms with Crippen molar-refractivity contribution >= 4 is 17.7 Å². The lowest BCUT2D eigenvalue weighted by atomic mass is 10.0. The van der Waals surface area contributed by atoms with Crippen LogP contribution in [0.25, 0.3) is 0 Å². The Balaban J connectivity index is 1.94. The second-order valence-corrected chi connectivity index (χ2v) is 6.31. The molecule has 0 heterocycles. The Hall–Kier alpha value is -0.220. The van der Waals surface area contributed by atoms with E-state index >= 15 is 0 Å². The molecule has 3 nitrogen and oxygen atoms in total. The van der Waals surface area contributed by atoms with Gasteiger partial charge in [-0.2, -0.15) is 11.8 Å². The molecule has 1 aliphatic rings. The zero-order chi connectivity index (χ0) is 13.2. The molecule has 1 fully saturated rings. The number of nitrogens with two attached hydrogens (primary N) is 1. The number of unbranched alkanes of at least 4 members (excludes halogenated alkanes) is 1. The number of carbonyl (C=O) groups is 1. The van der Waals surface area contributed by atoms with Crippen LogP contribution in [-0.4, -0.2) is 30.5 Å². The van der Waals surface area contributed by atoms with Crippen LogP contribution in [-0.2, 0) is 4.79 Å². The SMILES string of the molecule is CSCC[C@H](N)C(=O)NCCCCC1CCCC1. The summed E-state index contributed by atoms with van der Waals surface area (Å²) >= 11 is 1.73. The second kappa shape index (κ2) is 9.68. The van der Waals surface area contributed by atoms with Gasteiger partial charge >= 0.3 is 0 Å². The fraction of sp³-hybridized carbons (Fsp3) is 0.929. The molecule has 0 aliphatic heterocycles. The zero-order valence-electron chi connectivity index (χ0n) is 11.6. The van der Waals surface area contributed by atoms with Gasteiger partial charge in [0.2, 0.25) is 5.91 Å². The zero-order valence-corrected chi connectivity index (χ0v) is 12.4. The van der Waals surface area contributed by atoms with E-state index in [1.807, 2.05) is 6.26 Å². The smallest absolute Gasteiger partial charge is 0.236 e. The Bertz CT molecular complexity index is 230. The first kappa shape index (κ1) is 15.8. The summed E-state index contributed by atoms with van der Waals surface area (Å²) in [5.74, 6) is 1.94. The molecule has 4 heteroatoms. The number of carbonyl (C=O) groups excluding carboxylic acids is 1. The summed E-state index contributed by atoms with van der Waals surface area (Å²) < 4.78 is 0. The van der Waals surface area contributed by atoms with E-state index in [1.165, 1.54) is 38.5 Å². The van der Waals surface area contributed by atoms with Gasteiger partial charge in [-0.15, -0.1) is 0 Å². The standard InChI is InChI=1S/C14H28N2OS/c1-18-11-9-13(15)14(17)16-10-5-4-8-12-6-2-3-7-12/h12-13H,2-11,15H2,1H3,(H,16,17)/t13-/m0/s1. The van der Waals surface area contributed by atoms with Crippen molar-refractivity contribution in [2.24, 2.45) is 11.7 Å². The highest BCUT2D eigenvalue weighted by Crippen LogP contribution is 2.28. The van der Waals surface area contributed by atoms with E-state index in [4.69, 9.17) is 5.73 Å². The van der Waals surface area contributed by atoms with E-state index < -0.39 is 0 Å². The number of amides is 1. The minimum atomic E-state index is -0.327. The van der Waals surface area contributed by atoms with Crippen molar-refractivity contribution in [3.63, 3.8) is 0 Å². The van der Waals surface area contributed by atoms with Crippen LogP contribution in [0.3, 0.4) is 0 Å². The Labute approximate surface area is 116 Å². The molecule has 18 heavy (non-hydrogen) atoms. The maximum absolute atomic E-state index is 11.6. The van der Waals surface area contributed by atoms with Crippen LogP contribution in [0.4, 0.5) is 0 Å². The lowest BCUT2D eigenvalue weighted by Crippen LogP contribution is -2.41. The molecular formula is C14H28N2OS. The summed E-state index contributed by atoms with van der Waals surface area (Å²) in [7, 11) is 0. The van der Waals surface area contributed by atoms with E-state index in [9.17, 15) is 4.79 Å². The number of nitrogens with one attached hydrogen (secondary N) is 1. The van der Waals surface area contributed by atoms with Crippen molar-refractivity contribution in [1.82, 2.24) is 5.32 Å². The molecule has 1 amide bonds. The number of hydrogen-bond acceptors (Lipinski definition) is 3. The molecule has 106 valence electrons. The minimum absolute atomic E-state index is 0.0184. The quantitative estimate of drug-likeness (QED) is 0.634. The van der Waals surface area contributed by atoms with Crippen LogP contribution < -0.4 is 11.1 Å². The van der Waals surface area contributed by atoms with Gasteiger partial charge in [-0.05, 0) is 30.8 Å². The van der Waals surface area contributed by atoms with E-state index in [-0.39, 0.29) is 11.9 Å². The summed E-state index contributed by atoms with van der Waals surface area (Å²) in [6, 6.07) is -0.327. The molecule has 1 atom stereocenters. The van der Waals surface area contributed by atoms with Crippen molar-refractivity contribution in [1.29, 1.82) is 0 Å². The first-order valence-electron chi connectivity index (χ1n) is 7.26. The fourth-order valence-corrected chi connectivity index (χ4v) is 3.07. The number of thioether (sulfide) groups is 1. The third-order valence-electron chi connectivity index (χ3n) is 3.78. The predicted octanol–water partition coefficient (Wildman–Crippen LogP) is 2.54. The highest BCUT2D eigenvalue weighted by molar-refractivity contribution is 7.98. The van der Waals surface area contributed by atoms with E-state index in [1.54, 1.807) is 11.8 Å². The maximum atomic E-state index is 11.6. The van der Waals surface area contributed by atoms with E-state index in [0.29, 0.717) is 0 Å². The second-order valence-electron chi connectivity index (χ2n) is 5.33. The summed E-state index contributed by atoms with van der Waals surface area (Å²) in [6.45, 7) is 0.790. The highest BCUT2D eigenvalue weighted by Gasteiger charge is 2.14. The van der Waals surface area contributed by atoms with Gasteiger partial charge in [0, 0.05) is 6.54 Å². The van der Waals surface area contributed by atoms with Gasteiger partial charge < -0.3 is 11.1 Å². The average Bonchev–Trinajstić information content (AvgIpc) is 2.88.